The number of rotatable bonds is 3. The Morgan fingerprint density at radius 1 is 1.06 bits per heavy atom. The minimum Gasteiger partial charge on any atom is -0.348 e. The summed E-state index contributed by atoms with van der Waals surface area (Å²) in [6.45, 7) is 4.31. The van der Waals surface area contributed by atoms with Crippen molar-refractivity contribution >= 4 is 28.5 Å². The maximum atomic E-state index is 13.8. The first-order valence-corrected chi connectivity index (χ1v) is 11.3. The van der Waals surface area contributed by atoms with E-state index in [9.17, 15) is 9.59 Å². The monoisotopic (exact) mass is 448 g/mol. The third-order valence-corrected chi connectivity index (χ3v) is 6.43. The molecule has 5 rings (SSSR count). The zero-order valence-electron chi connectivity index (χ0n) is 18.9. The molecule has 33 heavy (non-hydrogen) atoms. The summed E-state index contributed by atoms with van der Waals surface area (Å²) < 4.78 is 11.6. The first-order valence-electron chi connectivity index (χ1n) is 11.3. The standard InChI is InChI=1S/C25H28N4O4/c1-16-14-18-20(17-6-4-3-5-7-17)22(28-21(18)19(15-16)27-24(31)26-2)23(30)29-10-8-25(9-11-29)32-12-13-33-25/h3-7,14-15,28H,8-13H2,1-2H3,(H2,26,27,31). The summed E-state index contributed by atoms with van der Waals surface area (Å²) in [4.78, 5) is 31.0. The van der Waals surface area contributed by atoms with Crippen molar-refractivity contribution in [2.24, 2.45) is 0 Å². The van der Waals surface area contributed by atoms with Gasteiger partial charge in [0.25, 0.3) is 5.91 Å². The average molecular weight is 449 g/mol. The van der Waals surface area contributed by atoms with Gasteiger partial charge in [0.05, 0.1) is 24.4 Å². The molecule has 0 atom stereocenters. The van der Waals surface area contributed by atoms with Gasteiger partial charge in [-0.3, -0.25) is 4.79 Å². The van der Waals surface area contributed by atoms with Gasteiger partial charge in [0, 0.05) is 43.9 Å². The van der Waals surface area contributed by atoms with E-state index in [1.165, 1.54) is 0 Å². The van der Waals surface area contributed by atoms with Gasteiger partial charge in [-0.2, -0.15) is 0 Å². The van der Waals surface area contributed by atoms with Gasteiger partial charge in [-0.1, -0.05) is 30.3 Å². The van der Waals surface area contributed by atoms with Crippen LogP contribution in [0.4, 0.5) is 10.5 Å². The number of hydrogen-bond donors (Lipinski definition) is 3. The Morgan fingerprint density at radius 3 is 2.42 bits per heavy atom. The lowest BCUT2D eigenvalue weighted by Gasteiger charge is -2.37. The van der Waals surface area contributed by atoms with E-state index in [1.54, 1.807) is 7.05 Å². The Kier molecular flexibility index (Phi) is 5.55. The van der Waals surface area contributed by atoms with Crippen LogP contribution in [-0.4, -0.2) is 61.0 Å². The lowest BCUT2D eigenvalue weighted by molar-refractivity contribution is -0.181. The van der Waals surface area contributed by atoms with Gasteiger partial charge in [-0.05, 0) is 30.2 Å². The van der Waals surface area contributed by atoms with Crippen LogP contribution in [-0.2, 0) is 9.47 Å². The predicted octanol–water partition coefficient (Wildman–Crippen LogP) is 3.87. The highest BCUT2D eigenvalue weighted by Crippen LogP contribution is 2.38. The summed E-state index contributed by atoms with van der Waals surface area (Å²) in [5, 5.41) is 6.36. The number of anilines is 1. The number of carbonyl (C=O) groups excluding carboxylic acids is 2. The number of aromatic amines is 1. The number of fused-ring (bicyclic) bond motifs is 1. The molecule has 8 nitrogen and oxygen atoms in total. The molecule has 1 aromatic heterocycles. The van der Waals surface area contributed by atoms with Crippen LogP contribution in [0.25, 0.3) is 22.0 Å². The summed E-state index contributed by atoms with van der Waals surface area (Å²) in [6, 6.07) is 13.5. The fourth-order valence-corrected chi connectivity index (χ4v) is 4.78. The van der Waals surface area contributed by atoms with Crippen LogP contribution >= 0.6 is 0 Å². The SMILES string of the molecule is CNC(=O)Nc1cc(C)cc2c(-c3ccccc3)c(C(=O)N3CCC4(CC3)OCCO4)[nH]c12. The molecule has 0 aliphatic carbocycles. The number of urea groups is 1. The molecule has 2 aromatic carbocycles. The Hall–Kier alpha value is -3.36. The Balaban J connectivity index is 1.58. The Labute approximate surface area is 192 Å². The van der Waals surface area contributed by atoms with E-state index in [2.05, 4.69) is 15.6 Å². The lowest BCUT2D eigenvalue weighted by Crippen LogP contribution is -2.47. The van der Waals surface area contributed by atoms with E-state index in [0.717, 1.165) is 27.6 Å². The summed E-state index contributed by atoms with van der Waals surface area (Å²) in [5.41, 5.74) is 4.64. The van der Waals surface area contributed by atoms with Gasteiger partial charge in [-0.25, -0.2) is 4.79 Å². The second kappa shape index (κ2) is 8.53. The van der Waals surface area contributed by atoms with Crippen LogP contribution in [0.5, 0.6) is 0 Å². The molecule has 0 saturated carbocycles. The van der Waals surface area contributed by atoms with Crippen molar-refractivity contribution in [1.82, 2.24) is 15.2 Å². The van der Waals surface area contributed by atoms with Crippen LogP contribution in [0.1, 0.15) is 28.9 Å². The predicted molar refractivity (Wildman–Crippen MR) is 126 cm³/mol. The highest BCUT2D eigenvalue weighted by atomic mass is 16.7. The molecular formula is C25H28N4O4. The summed E-state index contributed by atoms with van der Waals surface area (Å²) >= 11 is 0. The second-order valence-electron chi connectivity index (χ2n) is 8.58. The molecule has 2 saturated heterocycles. The van der Waals surface area contributed by atoms with Gasteiger partial charge >= 0.3 is 6.03 Å². The quantitative estimate of drug-likeness (QED) is 0.567. The molecule has 2 aliphatic heterocycles. The number of carbonyl (C=O) groups is 2. The molecule has 3 heterocycles. The van der Waals surface area contributed by atoms with E-state index >= 15 is 0 Å². The topological polar surface area (TPSA) is 95.7 Å². The van der Waals surface area contributed by atoms with Crippen molar-refractivity contribution in [3.05, 3.63) is 53.7 Å². The average Bonchev–Trinajstić information content (AvgIpc) is 3.44. The molecule has 3 N–H and O–H groups in total. The summed E-state index contributed by atoms with van der Waals surface area (Å²) in [6.07, 6.45) is 1.31. The largest absolute Gasteiger partial charge is 0.348 e. The minimum atomic E-state index is -0.540. The highest BCUT2D eigenvalue weighted by Gasteiger charge is 2.41. The number of hydrogen-bond acceptors (Lipinski definition) is 4. The van der Waals surface area contributed by atoms with Crippen molar-refractivity contribution in [3.8, 4) is 11.1 Å². The third-order valence-electron chi connectivity index (χ3n) is 6.43. The molecular weight excluding hydrogens is 420 g/mol. The third kappa shape index (κ3) is 3.96. The van der Waals surface area contributed by atoms with E-state index in [0.29, 0.717) is 50.5 Å². The van der Waals surface area contributed by atoms with Crippen molar-refractivity contribution in [2.75, 3.05) is 38.7 Å². The van der Waals surface area contributed by atoms with Crippen LogP contribution in [0.2, 0.25) is 0 Å². The minimum absolute atomic E-state index is 0.0681. The molecule has 3 aromatic rings. The molecule has 3 amide bonds. The van der Waals surface area contributed by atoms with Gasteiger partial charge in [0.2, 0.25) is 0 Å². The van der Waals surface area contributed by atoms with Crippen LogP contribution in [0, 0.1) is 6.92 Å². The first-order chi connectivity index (χ1) is 16.0. The van der Waals surface area contributed by atoms with Crippen molar-refractivity contribution in [2.45, 2.75) is 25.6 Å². The van der Waals surface area contributed by atoms with Gasteiger partial charge < -0.3 is 30.0 Å². The van der Waals surface area contributed by atoms with Crippen molar-refractivity contribution < 1.29 is 19.1 Å². The van der Waals surface area contributed by atoms with Crippen molar-refractivity contribution in [3.63, 3.8) is 0 Å². The molecule has 2 aliphatic rings. The normalized spacial score (nSPS) is 17.5. The first kappa shape index (κ1) is 21.5. The molecule has 8 heteroatoms. The molecule has 1 spiro atoms. The number of benzene rings is 2. The number of aryl methyl sites for hydroxylation is 1. The summed E-state index contributed by atoms with van der Waals surface area (Å²) in [7, 11) is 1.57. The van der Waals surface area contributed by atoms with Crippen LogP contribution < -0.4 is 10.6 Å². The Morgan fingerprint density at radius 2 is 1.76 bits per heavy atom. The number of likely N-dealkylation sites (tertiary alicyclic amines) is 1. The number of amides is 3. The number of aromatic nitrogens is 1. The molecule has 2 fully saturated rings. The fraction of sp³-hybridized carbons (Fsp3) is 0.360. The molecule has 0 bridgehead atoms. The van der Waals surface area contributed by atoms with E-state index in [4.69, 9.17) is 9.47 Å². The number of piperidine rings is 1. The van der Waals surface area contributed by atoms with E-state index in [-0.39, 0.29) is 11.9 Å². The van der Waals surface area contributed by atoms with Crippen LogP contribution in [0.3, 0.4) is 0 Å². The fourth-order valence-electron chi connectivity index (χ4n) is 4.78. The van der Waals surface area contributed by atoms with Crippen LogP contribution in [0.15, 0.2) is 42.5 Å². The highest BCUT2D eigenvalue weighted by molar-refractivity contribution is 6.13. The lowest BCUT2D eigenvalue weighted by atomic mass is 9.98. The molecule has 0 radical (unpaired) electrons. The maximum absolute atomic E-state index is 13.8. The van der Waals surface area contributed by atoms with Gasteiger partial charge in [0.15, 0.2) is 5.79 Å². The maximum Gasteiger partial charge on any atom is 0.319 e. The van der Waals surface area contributed by atoms with Gasteiger partial charge in [0.1, 0.15) is 5.69 Å². The van der Waals surface area contributed by atoms with E-state index < -0.39 is 5.79 Å². The van der Waals surface area contributed by atoms with Crippen molar-refractivity contribution in [1.29, 1.82) is 0 Å². The smallest absolute Gasteiger partial charge is 0.319 e. The molecule has 172 valence electrons. The number of nitrogens with one attached hydrogen (secondary N) is 3. The van der Waals surface area contributed by atoms with E-state index in [1.807, 2.05) is 54.3 Å². The molecule has 0 unspecified atom stereocenters. The van der Waals surface area contributed by atoms with Gasteiger partial charge in [-0.15, -0.1) is 0 Å². The zero-order chi connectivity index (χ0) is 23.0. The number of ether oxygens (including phenoxy) is 2. The number of H-pyrrole nitrogens is 1. The zero-order valence-corrected chi connectivity index (χ0v) is 18.9. The number of nitrogens with zero attached hydrogens (tertiary/aromatic N) is 1. The summed E-state index contributed by atoms with van der Waals surface area (Å²) in [5.74, 6) is -0.609. The second-order valence-corrected chi connectivity index (χ2v) is 8.58. The Bertz CT molecular complexity index is 1190.